The first-order chi connectivity index (χ1) is 14.1. The molecule has 0 aliphatic rings. The van der Waals surface area contributed by atoms with Gasteiger partial charge in [-0.3, -0.25) is 4.98 Å². The summed E-state index contributed by atoms with van der Waals surface area (Å²) in [6.07, 6.45) is 3.55. The Labute approximate surface area is 169 Å². The van der Waals surface area contributed by atoms with Crippen molar-refractivity contribution in [3.05, 3.63) is 101 Å². The number of aromatic carboxylic acids is 1. The minimum Gasteiger partial charge on any atom is -0.477 e. The van der Waals surface area contributed by atoms with Gasteiger partial charge in [-0.05, 0) is 30.2 Å². The maximum absolute atomic E-state index is 12.2. The number of carboxylic acid groups (broad SMARTS) is 1. The fourth-order valence-electron chi connectivity index (χ4n) is 3.67. The van der Waals surface area contributed by atoms with Crippen LogP contribution in [0, 0.1) is 6.92 Å². The molecule has 2 aromatic carbocycles. The Morgan fingerprint density at radius 3 is 2.52 bits per heavy atom. The summed E-state index contributed by atoms with van der Waals surface area (Å²) in [5.41, 5.74) is 5.41. The lowest BCUT2D eigenvalue weighted by molar-refractivity contribution is 0.0685. The summed E-state index contributed by atoms with van der Waals surface area (Å²) < 4.78 is 1.91. The Morgan fingerprint density at radius 1 is 1.00 bits per heavy atom. The molecule has 2 aromatic heterocycles. The second-order valence-corrected chi connectivity index (χ2v) is 7.19. The van der Waals surface area contributed by atoms with Gasteiger partial charge in [0.1, 0.15) is 5.69 Å². The molecule has 29 heavy (non-hydrogen) atoms. The van der Waals surface area contributed by atoms with Crippen molar-refractivity contribution in [2.24, 2.45) is 0 Å². The van der Waals surface area contributed by atoms with Gasteiger partial charge in [0.05, 0.1) is 0 Å². The van der Waals surface area contributed by atoms with Crippen LogP contribution >= 0.6 is 0 Å². The van der Waals surface area contributed by atoms with E-state index in [-0.39, 0.29) is 0 Å². The second kappa shape index (κ2) is 8.29. The Bertz CT molecular complexity index is 1130. The SMILES string of the molecule is Cc1ccc(Cn2c(C(=O)O)c(CNCc3cccnc3)c3ccccc32)cc1. The number of nitrogens with zero attached hydrogens (tertiary/aromatic N) is 2. The van der Waals surface area contributed by atoms with Crippen molar-refractivity contribution in [2.45, 2.75) is 26.6 Å². The quantitative estimate of drug-likeness (QED) is 0.495. The standard InChI is InChI=1S/C24H23N3O2/c1-17-8-10-18(11-9-17)16-27-22-7-3-2-6-20(22)21(23(27)24(28)29)15-26-14-19-5-4-12-25-13-19/h2-13,26H,14-16H2,1H3,(H,28,29). The Balaban J connectivity index is 1.70. The van der Waals surface area contributed by atoms with Gasteiger partial charge < -0.3 is 15.0 Å². The molecular weight excluding hydrogens is 362 g/mol. The highest BCUT2D eigenvalue weighted by atomic mass is 16.4. The van der Waals surface area contributed by atoms with E-state index in [0.717, 1.165) is 27.6 Å². The molecule has 2 heterocycles. The lowest BCUT2D eigenvalue weighted by atomic mass is 10.1. The van der Waals surface area contributed by atoms with E-state index in [1.54, 1.807) is 6.20 Å². The molecule has 0 radical (unpaired) electrons. The highest BCUT2D eigenvalue weighted by molar-refractivity contribution is 5.98. The van der Waals surface area contributed by atoms with Crippen LogP contribution in [-0.4, -0.2) is 20.6 Å². The van der Waals surface area contributed by atoms with Crippen molar-refractivity contribution in [1.82, 2.24) is 14.9 Å². The van der Waals surface area contributed by atoms with E-state index in [1.165, 1.54) is 5.56 Å². The van der Waals surface area contributed by atoms with Gasteiger partial charge in [-0.1, -0.05) is 54.1 Å². The molecule has 5 nitrogen and oxygen atoms in total. The molecule has 0 amide bonds. The summed E-state index contributed by atoms with van der Waals surface area (Å²) in [5, 5.41) is 14.4. The van der Waals surface area contributed by atoms with Crippen LogP contribution in [0.25, 0.3) is 10.9 Å². The summed E-state index contributed by atoms with van der Waals surface area (Å²) in [6.45, 7) is 3.66. The molecule has 0 bridgehead atoms. The predicted molar refractivity (Wildman–Crippen MR) is 114 cm³/mol. The monoisotopic (exact) mass is 385 g/mol. The number of hydrogen-bond acceptors (Lipinski definition) is 3. The van der Waals surface area contributed by atoms with Crippen LogP contribution in [0.15, 0.2) is 73.1 Å². The first-order valence-electron chi connectivity index (χ1n) is 9.62. The number of carbonyl (C=O) groups is 1. The van der Waals surface area contributed by atoms with Crippen LogP contribution in [0.4, 0.5) is 0 Å². The van der Waals surface area contributed by atoms with Crippen molar-refractivity contribution in [3.8, 4) is 0 Å². The number of nitrogens with one attached hydrogen (secondary N) is 1. The van der Waals surface area contributed by atoms with Gasteiger partial charge in [-0.25, -0.2) is 4.79 Å². The predicted octanol–water partition coefficient (Wildman–Crippen LogP) is 4.38. The fraction of sp³-hybridized carbons (Fsp3) is 0.167. The van der Waals surface area contributed by atoms with Crippen LogP contribution in [0.2, 0.25) is 0 Å². The second-order valence-electron chi connectivity index (χ2n) is 7.19. The van der Waals surface area contributed by atoms with E-state index in [0.29, 0.717) is 25.3 Å². The third kappa shape index (κ3) is 4.05. The third-order valence-corrected chi connectivity index (χ3v) is 5.09. The Hall–Kier alpha value is -3.44. The molecule has 0 aliphatic heterocycles. The number of carboxylic acids is 1. The molecule has 4 aromatic rings. The summed E-state index contributed by atoms with van der Waals surface area (Å²) in [4.78, 5) is 16.4. The number of aromatic nitrogens is 2. The molecule has 0 unspecified atom stereocenters. The Kier molecular flexibility index (Phi) is 5.40. The largest absolute Gasteiger partial charge is 0.477 e. The maximum Gasteiger partial charge on any atom is 0.352 e. The molecular formula is C24H23N3O2. The summed E-state index contributed by atoms with van der Waals surface area (Å²) in [7, 11) is 0. The molecule has 2 N–H and O–H groups in total. The smallest absolute Gasteiger partial charge is 0.352 e. The minimum atomic E-state index is -0.911. The lowest BCUT2D eigenvalue weighted by Gasteiger charge is -2.10. The number of para-hydroxylation sites is 1. The highest BCUT2D eigenvalue weighted by Crippen LogP contribution is 2.27. The molecule has 0 aliphatic carbocycles. The number of benzene rings is 2. The van der Waals surface area contributed by atoms with Crippen molar-refractivity contribution < 1.29 is 9.90 Å². The number of pyridine rings is 1. The van der Waals surface area contributed by atoms with Crippen molar-refractivity contribution in [2.75, 3.05) is 0 Å². The average molecular weight is 385 g/mol. The van der Waals surface area contributed by atoms with E-state index < -0.39 is 5.97 Å². The van der Waals surface area contributed by atoms with Crippen molar-refractivity contribution in [3.63, 3.8) is 0 Å². The van der Waals surface area contributed by atoms with E-state index in [9.17, 15) is 9.90 Å². The van der Waals surface area contributed by atoms with Gasteiger partial charge in [0, 0.05) is 48.5 Å². The third-order valence-electron chi connectivity index (χ3n) is 5.09. The summed E-state index contributed by atoms with van der Waals surface area (Å²) in [6, 6.07) is 20.0. The van der Waals surface area contributed by atoms with E-state index in [2.05, 4.69) is 34.6 Å². The van der Waals surface area contributed by atoms with Gasteiger partial charge in [-0.2, -0.15) is 0 Å². The van der Waals surface area contributed by atoms with Crippen LogP contribution in [0.5, 0.6) is 0 Å². The first kappa shape index (κ1) is 18.9. The molecule has 0 saturated carbocycles. The molecule has 0 saturated heterocycles. The molecule has 0 atom stereocenters. The van der Waals surface area contributed by atoms with Crippen molar-refractivity contribution in [1.29, 1.82) is 0 Å². The lowest BCUT2D eigenvalue weighted by Crippen LogP contribution is -2.17. The molecule has 0 spiro atoms. The number of aryl methyl sites for hydroxylation is 1. The van der Waals surface area contributed by atoms with Gasteiger partial charge in [0.25, 0.3) is 0 Å². The van der Waals surface area contributed by atoms with E-state index >= 15 is 0 Å². The van der Waals surface area contributed by atoms with E-state index in [1.807, 2.05) is 54.1 Å². The summed E-state index contributed by atoms with van der Waals surface area (Å²) >= 11 is 0. The molecule has 146 valence electrons. The fourth-order valence-corrected chi connectivity index (χ4v) is 3.67. The van der Waals surface area contributed by atoms with Crippen molar-refractivity contribution >= 4 is 16.9 Å². The van der Waals surface area contributed by atoms with Crippen LogP contribution in [0.1, 0.15) is 32.7 Å². The minimum absolute atomic E-state index is 0.338. The zero-order valence-corrected chi connectivity index (χ0v) is 16.3. The topological polar surface area (TPSA) is 67.2 Å². The highest BCUT2D eigenvalue weighted by Gasteiger charge is 2.22. The Morgan fingerprint density at radius 2 is 1.79 bits per heavy atom. The van der Waals surface area contributed by atoms with Gasteiger partial charge in [0.15, 0.2) is 0 Å². The van der Waals surface area contributed by atoms with Crippen LogP contribution < -0.4 is 5.32 Å². The first-order valence-corrected chi connectivity index (χ1v) is 9.62. The van der Waals surface area contributed by atoms with Crippen LogP contribution in [-0.2, 0) is 19.6 Å². The number of rotatable bonds is 7. The zero-order valence-electron chi connectivity index (χ0n) is 16.3. The van der Waals surface area contributed by atoms with Gasteiger partial charge in [-0.15, -0.1) is 0 Å². The normalized spacial score (nSPS) is 11.1. The van der Waals surface area contributed by atoms with E-state index in [4.69, 9.17) is 0 Å². The zero-order chi connectivity index (χ0) is 20.2. The maximum atomic E-state index is 12.2. The number of hydrogen-bond donors (Lipinski definition) is 2. The van der Waals surface area contributed by atoms with Gasteiger partial charge in [0.2, 0.25) is 0 Å². The number of fused-ring (bicyclic) bond motifs is 1. The van der Waals surface area contributed by atoms with Crippen LogP contribution in [0.3, 0.4) is 0 Å². The van der Waals surface area contributed by atoms with Gasteiger partial charge >= 0.3 is 5.97 Å². The molecule has 4 rings (SSSR count). The molecule has 5 heteroatoms. The summed E-state index contributed by atoms with van der Waals surface area (Å²) in [5.74, 6) is -0.911. The molecule has 0 fully saturated rings. The average Bonchev–Trinajstić information content (AvgIpc) is 3.04.